The van der Waals surface area contributed by atoms with Crippen LogP contribution in [0.25, 0.3) is 0 Å². The summed E-state index contributed by atoms with van der Waals surface area (Å²) in [5, 5.41) is 15.8. The van der Waals surface area contributed by atoms with E-state index in [0.29, 0.717) is 0 Å². The van der Waals surface area contributed by atoms with E-state index in [-0.39, 0.29) is 0 Å². The fraction of sp³-hybridized carbons (Fsp3) is 0.917. The molecule has 16 heavy (non-hydrogen) atoms. The van der Waals surface area contributed by atoms with Gasteiger partial charge in [0, 0.05) is 0 Å². The van der Waals surface area contributed by atoms with Crippen LogP contribution in [0.15, 0.2) is 0 Å². The van der Waals surface area contributed by atoms with Gasteiger partial charge in [-0.2, -0.15) is 0 Å². The van der Waals surface area contributed by atoms with E-state index >= 15 is 0 Å². The second-order valence-corrected chi connectivity index (χ2v) is 4.58. The van der Waals surface area contributed by atoms with E-state index in [4.69, 9.17) is 0 Å². The fourth-order valence-corrected chi connectivity index (χ4v) is 2.34. The molecule has 0 radical (unpaired) electrons. The van der Waals surface area contributed by atoms with Gasteiger partial charge >= 0.3 is 5.97 Å². The van der Waals surface area contributed by atoms with E-state index in [9.17, 15) is 9.90 Å². The van der Waals surface area contributed by atoms with Crippen molar-refractivity contribution in [2.45, 2.75) is 51.0 Å². The summed E-state index contributed by atoms with van der Waals surface area (Å²) in [5.41, 5.74) is -0.634. The molecule has 94 valence electrons. The Labute approximate surface area is 97.8 Å². The summed E-state index contributed by atoms with van der Waals surface area (Å²) in [6.45, 7) is 4.80. The van der Waals surface area contributed by atoms with Crippen LogP contribution in [0.5, 0.6) is 0 Å². The largest absolute Gasteiger partial charge is 0.480 e. The lowest BCUT2D eigenvalue weighted by Crippen LogP contribution is -2.53. The van der Waals surface area contributed by atoms with Gasteiger partial charge in [0.25, 0.3) is 0 Å². The first-order valence-electron chi connectivity index (χ1n) is 6.40. The molecule has 0 aromatic carbocycles. The van der Waals surface area contributed by atoms with Crippen LogP contribution in [0.2, 0.25) is 0 Å². The first kappa shape index (κ1) is 13.5. The Hall–Kier alpha value is -0.610. The van der Waals surface area contributed by atoms with Crippen LogP contribution >= 0.6 is 0 Å². The van der Waals surface area contributed by atoms with Crippen LogP contribution < -0.4 is 10.6 Å². The van der Waals surface area contributed by atoms with Gasteiger partial charge in [-0.05, 0) is 38.9 Å². The van der Waals surface area contributed by atoms with Crippen LogP contribution in [0.3, 0.4) is 0 Å². The SMILES string of the molecule is CCNCCCNC1(C(=O)O)CCCCC1. The summed E-state index contributed by atoms with van der Waals surface area (Å²) >= 11 is 0. The van der Waals surface area contributed by atoms with Crippen molar-refractivity contribution >= 4 is 5.97 Å². The lowest BCUT2D eigenvalue weighted by Gasteiger charge is -2.34. The third-order valence-electron chi connectivity index (χ3n) is 3.36. The van der Waals surface area contributed by atoms with E-state index in [0.717, 1.165) is 51.7 Å². The minimum absolute atomic E-state index is 0.634. The summed E-state index contributed by atoms with van der Waals surface area (Å²) in [7, 11) is 0. The Balaban J connectivity index is 2.30. The lowest BCUT2D eigenvalue weighted by molar-refractivity contribution is -0.146. The maximum absolute atomic E-state index is 11.3. The number of carboxylic acids is 1. The molecule has 0 unspecified atom stereocenters. The summed E-state index contributed by atoms with van der Waals surface area (Å²) < 4.78 is 0. The molecule has 0 bridgehead atoms. The van der Waals surface area contributed by atoms with Crippen molar-refractivity contribution in [3.63, 3.8) is 0 Å². The number of carbonyl (C=O) groups is 1. The van der Waals surface area contributed by atoms with Gasteiger partial charge in [0.2, 0.25) is 0 Å². The van der Waals surface area contributed by atoms with Gasteiger partial charge in [-0.15, -0.1) is 0 Å². The second-order valence-electron chi connectivity index (χ2n) is 4.58. The Morgan fingerprint density at radius 3 is 2.50 bits per heavy atom. The smallest absolute Gasteiger partial charge is 0.323 e. The molecule has 1 aliphatic carbocycles. The minimum atomic E-state index is -0.671. The summed E-state index contributed by atoms with van der Waals surface area (Å²) in [6, 6.07) is 0. The van der Waals surface area contributed by atoms with Crippen molar-refractivity contribution in [2.75, 3.05) is 19.6 Å². The average Bonchev–Trinajstić information content (AvgIpc) is 2.30. The first-order chi connectivity index (χ1) is 7.71. The zero-order valence-corrected chi connectivity index (χ0v) is 10.2. The second kappa shape index (κ2) is 6.86. The molecule has 1 fully saturated rings. The van der Waals surface area contributed by atoms with Crippen LogP contribution in [0.4, 0.5) is 0 Å². The quantitative estimate of drug-likeness (QED) is 0.576. The molecule has 1 aliphatic rings. The molecule has 0 atom stereocenters. The van der Waals surface area contributed by atoms with Gasteiger partial charge in [-0.3, -0.25) is 4.79 Å². The Bertz CT molecular complexity index is 213. The molecule has 0 aromatic heterocycles. The Morgan fingerprint density at radius 2 is 1.94 bits per heavy atom. The molecule has 1 rings (SSSR count). The molecule has 3 N–H and O–H groups in total. The molecule has 0 heterocycles. The Morgan fingerprint density at radius 1 is 1.25 bits per heavy atom. The van der Waals surface area contributed by atoms with Crippen molar-refractivity contribution < 1.29 is 9.90 Å². The normalized spacial score (nSPS) is 19.6. The van der Waals surface area contributed by atoms with E-state index in [1.54, 1.807) is 0 Å². The van der Waals surface area contributed by atoms with Crippen LogP contribution in [0.1, 0.15) is 45.4 Å². The number of hydrogen-bond donors (Lipinski definition) is 3. The van der Waals surface area contributed by atoms with Crippen molar-refractivity contribution in [1.82, 2.24) is 10.6 Å². The number of hydrogen-bond acceptors (Lipinski definition) is 3. The van der Waals surface area contributed by atoms with Crippen molar-refractivity contribution in [3.8, 4) is 0 Å². The van der Waals surface area contributed by atoms with E-state index in [1.165, 1.54) is 6.42 Å². The van der Waals surface area contributed by atoms with Crippen LogP contribution in [0, 0.1) is 0 Å². The maximum atomic E-state index is 11.3. The van der Waals surface area contributed by atoms with Crippen molar-refractivity contribution in [1.29, 1.82) is 0 Å². The topological polar surface area (TPSA) is 61.4 Å². The molecular formula is C12H24N2O2. The molecule has 0 saturated heterocycles. The molecule has 0 amide bonds. The highest BCUT2D eigenvalue weighted by atomic mass is 16.4. The highest BCUT2D eigenvalue weighted by Gasteiger charge is 2.38. The van der Waals surface area contributed by atoms with E-state index in [1.807, 2.05) is 0 Å². The van der Waals surface area contributed by atoms with E-state index in [2.05, 4.69) is 17.6 Å². The Kier molecular flexibility index (Phi) is 5.77. The zero-order chi connectivity index (χ0) is 11.9. The third kappa shape index (κ3) is 3.76. The fourth-order valence-electron chi connectivity index (χ4n) is 2.34. The molecule has 0 aromatic rings. The van der Waals surface area contributed by atoms with Gasteiger partial charge in [0.1, 0.15) is 5.54 Å². The maximum Gasteiger partial charge on any atom is 0.323 e. The van der Waals surface area contributed by atoms with Crippen LogP contribution in [-0.4, -0.2) is 36.2 Å². The molecule has 0 aliphatic heterocycles. The molecule has 4 nitrogen and oxygen atoms in total. The first-order valence-corrected chi connectivity index (χ1v) is 6.40. The van der Waals surface area contributed by atoms with Gasteiger partial charge in [0.05, 0.1) is 0 Å². The summed E-state index contributed by atoms with van der Waals surface area (Å²) in [6.07, 6.45) is 5.79. The highest BCUT2D eigenvalue weighted by Crippen LogP contribution is 2.28. The van der Waals surface area contributed by atoms with Gasteiger partial charge < -0.3 is 15.7 Å². The predicted molar refractivity (Wildman–Crippen MR) is 64.6 cm³/mol. The van der Waals surface area contributed by atoms with Gasteiger partial charge in [0.15, 0.2) is 0 Å². The minimum Gasteiger partial charge on any atom is -0.480 e. The standard InChI is InChI=1S/C12H24N2O2/c1-2-13-9-6-10-14-12(11(15)16)7-4-3-5-8-12/h13-14H,2-10H2,1H3,(H,15,16). The van der Waals surface area contributed by atoms with Gasteiger partial charge in [-0.25, -0.2) is 0 Å². The molecule has 0 spiro atoms. The summed E-state index contributed by atoms with van der Waals surface area (Å²) in [5.74, 6) is -0.671. The molecular weight excluding hydrogens is 204 g/mol. The number of nitrogens with one attached hydrogen (secondary N) is 2. The number of rotatable bonds is 7. The van der Waals surface area contributed by atoms with Gasteiger partial charge in [-0.1, -0.05) is 26.2 Å². The molecule has 1 saturated carbocycles. The highest BCUT2D eigenvalue weighted by molar-refractivity contribution is 5.78. The van der Waals surface area contributed by atoms with Crippen LogP contribution in [-0.2, 0) is 4.79 Å². The van der Waals surface area contributed by atoms with E-state index < -0.39 is 11.5 Å². The predicted octanol–water partition coefficient (Wildman–Crippen LogP) is 1.36. The average molecular weight is 228 g/mol. The number of carboxylic acid groups (broad SMARTS) is 1. The molecule has 4 heteroatoms. The van der Waals surface area contributed by atoms with Crippen molar-refractivity contribution in [3.05, 3.63) is 0 Å². The lowest BCUT2D eigenvalue weighted by atomic mass is 9.81. The monoisotopic (exact) mass is 228 g/mol. The number of aliphatic carboxylic acids is 1. The summed E-state index contributed by atoms with van der Waals surface area (Å²) in [4.78, 5) is 11.3. The van der Waals surface area contributed by atoms with Crippen molar-refractivity contribution in [2.24, 2.45) is 0 Å². The zero-order valence-electron chi connectivity index (χ0n) is 10.2. The third-order valence-corrected chi connectivity index (χ3v) is 3.36.